The molecule has 0 atom stereocenters. The standard InChI is InChI=1S/C14H21N3O2/c1-19-13-4-2-12(3-5-13)16-14(18)6-9-17-10-7-15-8-11-17/h2-5,15H,6-11H2,1H3,(H,16,18). The van der Waals surface area contributed by atoms with E-state index in [2.05, 4.69) is 15.5 Å². The third-order valence-corrected chi connectivity index (χ3v) is 3.24. The summed E-state index contributed by atoms with van der Waals surface area (Å²) in [5, 5.41) is 6.19. The zero-order valence-electron chi connectivity index (χ0n) is 11.3. The van der Waals surface area contributed by atoms with E-state index < -0.39 is 0 Å². The lowest BCUT2D eigenvalue weighted by Crippen LogP contribution is -2.44. The van der Waals surface area contributed by atoms with Gasteiger partial charge in [0.1, 0.15) is 5.75 Å². The van der Waals surface area contributed by atoms with Gasteiger partial charge in [0.2, 0.25) is 5.91 Å². The van der Waals surface area contributed by atoms with Gasteiger partial charge >= 0.3 is 0 Å². The molecule has 0 aliphatic carbocycles. The number of methoxy groups -OCH3 is 1. The summed E-state index contributed by atoms with van der Waals surface area (Å²) in [5.74, 6) is 0.850. The highest BCUT2D eigenvalue weighted by molar-refractivity contribution is 5.90. The molecule has 1 aromatic carbocycles. The van der Waals surface area contributed by atoms with Gasteiger partial charge in [-0.1, -0.05) is 0 Å². The molecule has 1 amide bonds. The Morgan fingerprint density at radius 3 is 2.63 bits per heavy atom. The van der Waals surface area contributed by atoms with Crippen molar-refractivity contribution in [2.24, 2.45) is 0 Å². The molecule has 0 spiro atoms. The molecule has 2 N–H and O–H groups in total. The molecule has 0 radical (unpaired) electrons. The molecule has 0 unspecified atom stereocenters. The van der Waals surface area contributed by atoms with Gasteiger partial charge in [0, 0.05) is 44.8 Å². The molecule has 19 heavy (non-hydrogen) atoms. The first-order valence-electron chi connectivity index (χ1n) is 6.65. The minimum Gasteiger partial charge on any atom is -0.497 e. The Hall–Kier alpha value is -1.59. The van der Waals surface area contributed by atoms with Crippen LogP contribution in [0.25, 0.3) is 0 Å². The predicted octanol–water partition coefficient (Wildman–Crippen LogP) is 0.929. The second-order valence-electron chi connectivity index (χ2n) is 4.62. The Kier molecular flexibility index (Phi) is 5.18. The summed E-state index contributed by atoms with van der Waals surface area (Å²) in [7, 11) is 1.63. The molecule has 0 saturated carbocycles. The van der Waals surface area contributed by atoms with Crippen molar-refractivity contribution in [3.8, 4) is 5.75 Å². The number of piperazine rings is 1. The lowest BCUT2D eigenvalue weighted by Gasteiger charge is -2.26. The summed E-state index contributed by atoms with van der Waals surface area (Å²) in [6.45, 7) is 4.90. The van der Waals surface area contributed by atoms with Crippen LogP contribution in [0.3, 0.4) is 0 Å². The minimum absolute atomic E-state index is 0.0590. The van der Waals surface area contributed by atoms with Crippen molar-refractivity contribution >= 4 is 11.6 Å². The van der Waals surface area contributed by atoms with Crippen molar-refractivity contribution < 1.29 is 9.53 Å². The quantitative estimate of drug-likeness (QED) is 0.830. The van der Waals surface area contributed by atoms with Crippen molar-refractivity contribution in [2.75, 3.05) is 45.2 Å². The number of ether oxygens (including phenoxy) is 1. The number of amides is 1. The SMILES string of the molecule is COc1ccc(NC(=O)CCN2CCNCC2)cc1. The van der Waals surface area contributed by atoms with Gasteiger partial charge in [-0.05, 0) is 24.3 Å². The molecule has 1 aliphatic heterocycles. The predicted molar refractivity (Wildman–Crippen MR) is 75.6 cm³/mol. The van der Waals surface area contributed by atoms with Crippen LogP contribution in [0, 0.1) is 0 Å². The average Bonchev–Trinajstić information content (AvgIpc) is 2.47. The number of carbonyl (C=O) groups excluding carboxylic acids is 1. The van der Waals surface area contributed by atoms with Crippen molar-refractivity contribution in [3.05, 3.63) is 24.3 Å². The Labute approximate surface area is 113 Å². The number of nitrogens with one attached hydrogen (secondary N) is 2. The molecular formula is C14H21N3O2. The largest absolute Gasteiger partial charge is 0.497 e. The van der Waals surface area contributed by atoms with E-state index in [1.54, 1.807) is 7.11 Å². The van der Waals surface area contributed by atoms with Crippen LogP contribution in [-0.4, -0.2) is 50.6 Å². The zero-order valence-corrected chi connectivity index (χ0v) is 11.3. The van der Waals surface area contributed by atoms with Crippen LogP contribution in [-0.2, 0) is 4.79 Å². The Balaban J connectivity index is 1.73. The number of benzene rings is 1. The molecule has 0 bridgehead atoms. The fraction of sp³-hybridized carbons (Fsp3) is 0.500. The van der Waals surface area contributed by atoms with E-state index in [1.165, 1.54) is 0 Å². The van der Waals surface area contributed by atoms with Gasteiger partial charge in [-0.2, -0.15) is 0 Å². The molecule has 0 aromatic heterocycles. The highest BCUT2D eigenvalue weighted by Crippen LogP contribution is 2.15. The van der Waals surface area contributed by atoms with Crippen molar-refractivity contribution in [1.29, 1.82) is 0 Å². The number of anilines is 1. The maximum Gasteiger partial charge on any atom is 0.225 e. The number of hydrogen-bond acceptors (Lipinski definition) is 4. The van der Waals surface area contributed by atoms with E-state index in [0.717, 1.165) is 44.2 Å². The molecule has 5 nitrogen and oxygen atoms in total. The van der Waals surface area contributed by atoms with Gasteiger partial charge in [-0.3, -0.25) is 4.79 Å². The number of nitrogens with zero attached hydrogens (tertiary/aromatic N) is 1. The monoisotopic (exact) mass is 263 g/mol. The highest BCUT2D eigenvalue weighted by Gasteiger charge is 2.11. The van der Waals surface area contributed by atoms with E-state index in [4.69, 9.17) is 4.74 Å². The lowest BCUT2D eigenvalue weighted by molar-refractivity contribution is -0.116. The van der Waals surface area contributed by atoms with E-state index in [0.29, 0.717) is 6.42 Å². The number of carbonyl (C=O) groups is 1. The molecule has 1 saturated heterocycles. The zero-order chi connectivity index (χ0) is 13.5. The first kappa shape index (κ1) is 13.8. The molecule has 1 aliphatic rings. The topological polar surface area (TPSA) is 53.6 Å². The second-order valence-corrected chi connectivity index (χ2v) is 4.62. The maximum atomic E-state index is 11.8. The van der Waals surface area contributed by atoms with Crippen LogP contribution >= 0.6 is 0 Å². The maximum absolute atomic E-state index is 11.8. The van der Waals surface area contributed by atoms with Crippen LogP contribution < -0.4 is 15.4 Å². The molecule has 1 aromatic rings. The summed E-state index contributed by atoms with van der Waals surface area (Å²) >= 11 is 0. The van der Waals surface area contributed by atoms with Crippen LogP contribution in [0.1, 0.15) is 6.42 Å². The normalized spacial score (nSPS) is 16.1. The average molecular weight is 263 g/mol. The first-order chi connectivity index (χ1) is 9.28. The fourth-order valence-electron chi connectivity index (χ4n) is 2.09. The van der Waals surface area contributed by atoms with Gasteiger partial charge in [0.05, 0.1) is 7.11 Å². The molecule has 104 valence electrons. The van der Waals surface area contributed by atoms with Crippen molar-refractivity contribution in [2.45, 2.75) is 6.42 Å². The van der Waals surface area contributed by atoms with E-state index in [1.807, 2.05) is 24.3 Å². The Bertz CT molecular complexity index is 400. The van der Waals surface area contributed by atoms with Crippen molar-refractivity contribution in [1.82, 2.24) is 10.2 Å². The van der Waals surface area contributed by atoms with E-state index >= 15 is 0 Å². The summed E-state index contributed by atoms with van der Waals surface area (Å²) in [5.41, 5.74) is 0.811. The number of hydrogen-bond donors (Lipinski definition) is 2. The Morgan fingerprint density at radius 1 is 1.32 bits per heavy atom. The molecule has 2 rings (SSSR count). The van der Waals surface area contributed by atoms with Gasteiger partial charge in [-0.25, -0.2) is 0 Å². The third kappa shape index (κ3) is 4.54. The lowest BCUT2D eigenvalue weighted by atomic mass is 10.2. The van der Waals surface area contributed by atoms with Gasteiger partial charge in [0.15, 0.2) is 0 Å². The van der Waals surface area contributed by atoms with Crippen molar-refractivity contribution in [3.63, 3.8) is 0 Å². The van der Waals surface area contributed by atoms with E-state index in [-0.39, 0.29) is 5.91 Å². The van der Waals surface area contributed by atoms with Crippen LogP contribution in [0.4, 0.5) is 5.69 Å². The fourth-order valence-corrected chi connectivity index (χ4v) is 2.09. The first-order valence-corrected chi connectivity index (χ1v) is 6.65. The number of rotatable bonds is 5. The summed E-state index contributed by atoms with van der Waals surface area (Å²) < 4.78 is 5.08. The van der Waals surface area contributed by atoms with Gasteiger partial charge in [-0.15, -0.1) is 0 Å². The highest BCUT2D eigenvalue weighted by atomic mass is 16.5. The summed E-state index contributed by atoms with van der Waals surface area (Å²) in [6, 6.07) is 7.38. The van der Waals surface area contributed by atoms with Crippen LogP contribution in [0.5, 0.6) is 5.75 Å². The van der Waals surface area contributed by atoms with Gasteiger partial charge < -0.3 is 20.3 Å². The summed E-state index contributed by atoms with van der Waals surface area (Å²) in [4.78, 5) is 14.1. The summed E-state index contributed by atoms with van der Waals surface area (Å²) in [6.07, 6.45) is 0.534. The van der Waals surface area contributed by atoms with Crippen LogP contribution in [0.15, 0.2) is 24.3 Å². The molecular weight excluding hydrogens is 242 g/mol. The Morgan fingerprint density at radius 2 is 2.00 bits per heavy atom. The van der Waals surface area contributed by atoms with Crippen LogP contribution in [0.2, 0.25) is 0 Å². The van der Waals surface area contributed by atoms with E-state index in [9.17, 15) is 4.79 Å². The minimum atomic E-state index is 0.0590. The molecule has 5 heteroatoms. The van der Waals surface area contributed by atoms with Gasteiger partial charge in [0.25, 0.3) is 0 Å². The second kappa shape index (κ2) is 7.11. The smallest absolute Gasteiger partial charge is 0.225 e. The molecule has 1 fully saturated rings. The molecule has 1 heterocycles. The third-order valence-electron chi connectivity index (χ3n) is 3.24.